The molecule has 0 aliphatic carbocycles. The number of pyridine rings is 1. The lowest BCUT2D eigenvalue weighted by atomic mass is 9.97. The first-order valence-corrected chi connectivity index (χ1v) is 11.3. The number of aromatic amines is 1. The zero-order valence-corrected chi connectivity index (χ0v) is 18.5. The largest absolute Gasteiger partial charge is 0.462 e. The molecule has 2 aromatic carbocycles. The number of rotatable bonds is 4. The van der Waals surface area contributed by atoms with Crippen LogP contribution in [0.1, 0.15) is 21.5 Å². The molecule has 0 unspecified atom stereocenters. The van der Waals surface area contributed by atoms with Crippen molar-refractivity contribution in [2.75, 3.05) is 37.8 Å². The van der Waals surface area contributed by atoms with Gasteiger partial charge in [0.15, 0.2) is 5.43 Å². The maximum absolute atomic E-state index is 12.9. The predicted octanol–water partition coefficient (Wildman–Crippen LogP) is 2.38. The third-order valence-electron chi connectivity index (χ3n) is 6.43. The van der Waals surface area contributed by atoms with Gasteiger partial charge < -0.3 is 19.4 Å². The van der Waals surface area contributed by atoms with Gasteiger partial charge in [-0.05, 0) is 23.3 Å². The summed E-state index contributed by atoms with van der Waals surface area (Å²) in [5, 5.41) is 9.34. The number of fused-ring (bicyclic) bond motifs is 2. The normalized spacial score (nSPS) is 15.9. The maximum Gasteiger partial charge on any atom is 0.338 e. The van der Waals surface area contributed by atoms with Crippen molar-refractivity contribution in [3.63, 3.8) is 0 Å². The van der Waals surface area contributed by atoms with Crippen LogP contribution in [0, 0.1) is 0 Å². The summed E-state index contributed by atoms with van der Waals surface area (Å²) in [5.74, 6) is 0.501. The Labute approximate surface area is 194 Å². The molecule has 0 saturated carbocycles. The van der Waals surface area contributed by atoms with Crippen molar-refractivity contribution in [1.29, 1.82) is 0 Å². The molecule has 1 fully saturated rings. The van der Waals surface area contributed by atoms with E-state index in [9.17, 15) is 9.59 Å². The van der Waals surface area contributed by atoms with E-state index < -0.39 is 0 Å². The molecule has 34 heavy (non-hydrogen) atoms. The molecule has 6 rings (SSSR count). The third-order valence-corrected chi connectivity index (χ3v) is 6.43. The molecular formula is C25H23N5O4. The fourth-order valence-electron chi connectivity index (χ4n) is 4.71. The molecule has 0 spiro atoms. The van der Waals surface area contributed by atoms with Crippen LogP contribution in [0.3, 0.4) is 0 Å². The third kappa shape index (κ3) is 3.63. The average Bonchev–Trinajstić information content (AvgIpc) is 3.33. The van der Waals surface area contributed by atoms with Gasteiger partial charge in [-0.25, -0.2) is 9.48 Å². The number of cyclic esters (lactones) is 1. The summed E-state index contributed by atoms with van der Waals surface area (Å²) in [6, 6.07) is 12.9. The number of nitrogens with one attached hydrogen (secondary N) is 1. The van der Waals surface area contributed by atoms with E-state index in [0.29, 0.717) is 49.4 Å². The number of carbonyl (C=O) groups excluding carboxylic acids is 1. The Balaban J connectivity index is 1.36. The van der Waals surface area contributed by atoms with Crippen molar-refractivity contribution >= 4 is 22.7 Å². The van der Waals surface area contributed by atoms with E-state index in [1.54, 1.807) is 16.8 Å². The molecule has 9 heteroatoms. The monoisotopic (exact) mass is 457 g/mol. The van der Waals surface area contributed by atoms with Gasteiger partial charge in [-0.1, -0.05) is 29.5 Å². The van der Waals surface area contributed by atoms with Gasteiger partial charge in [0.25, 0.3) is 0 Å². The lowest BCUT2D eigenvalue weighted by molar-refractivity contribution is 0.0479. The van der Waals surface area contributed by atoms with E-state index in [2.05, 4.69) is 20.2 Å². The van der Waals surface area contributed by atoms with E-state index in [1.165, 1.54) is 0 Å². The number of anilines is 1. The summed E-state index contributed by atoms with van der Waals surface area (Å²) in [4.78, 5) is 30.5. The van der Waals surface area contributed by atoms with Crippen molar-refractivity contribution in [1.82, 2.24) is 20.0 Å². The van der Waals surface area contributed by atoms with Gasteiger partial charge in [0, 0.05) is 36.5 Å². The van der Waals surface area contributed by atoms with Crippen LogP contribution in [-0.2, 0) is 22.4 Å². The minimum atomic E-state index is -0.279. The second-order valence-electron chi connectivity index (χ2n) is 8.48. The van der Waals surface area contributed by atoms with Crippen LogP contribution in [0.15, 0.2) is 53.5 Å². The van der Waals surface area contributed by atoms with Crippen molar-refractivity contribution in [2.45, 2.75) is 13.0 Å². The molecule has 9 nitrogen and oxygen atoms in total. The molecule has 0 bridgehead atoms. The van der Waals surface area contributed by atoms with Crippen molar-refractivity contribution in [2.24, 2.45) is 0 Å². The highest BCUT2D eigenvalue weighted by molar-refractivity contribution is 5.93. The number of aromatic nitrogens is 4. The number of esters is 1. The molecule has 2 aliphatic rings. The van der Waals surface area contributed by atoms with E-state index in [4.69, 9.17) is 9.47 Å². The number of hydrogen-bond donors (Lipinski definition) is 1. The Morgan fingerprint density at radius 3 is 2.71 bits per heavy atom. The van der Waals surface area contributed by atoms with Crippen LogP contribution in [0.5, 0.6) is 0 Å². The van der Waals surface area contributed by atoms with Crippen LogP contribution in [0.4, 0.5) is 5.82 Å². The molecule has 0 atom stereocenters. The zero-order valence-electron chi connectivity index (χ0n) is 18.5. The number of benzene rings is 2. The Kier molecular flexibility index (Phi) is 5.10. The van der Waals surface area contributed by atoms with E-state index in [0.717, 1.165) is 41.1 Å². The van der Waals surface area contributed by atoms with E-state index >= 15 is 0 Å². The summed E-state index contributed by atoms with van der Waals surface area (Å²) >= 11 is 0. The molecule has 1 N–H and O–H groups in total. The minimum Gasteiger partial charge on any atom is -0.462 e. The summed E-state index contributed by atoms with van der Waals surface area (Å²) in [5.41, 5.74) is 4.83. The molecule has 2 aliphatic heterocycles. The van der Waals surface area contributed by atoms with Gasteiger partial charge in [0.05, 0.1) is 43.6 Å². The highest BCUT2D eigenvalue weighted by Gasteiger charge is 2.21. The standard InChI is InChI=1S/C25H23N5O4/c31-22-13-23(29-8-11-33-12-9-29)26-24-19(5-2-6-20(22)24)21-15-30(28-27-21)14-16-3-1-4-18-17(16)7-10-34-25(18)32/h1-6,13,15H,7-12,14H2,(H,26,31). The molecular weight excluding hydrogens is 434 g/mol. The van der Waals surface area contributed by atoms with Gasteiger partial charge >= 0.3 is 5.97 Å². The van der Waals surface area contributed by atoms with Crippen molar-refractivity contribution in [3.05, 3.63) is 75.6 Å². The van der Waals surface area contributed by atoms with Crippen LogP contribution < -0.4 is 10.3 Å². The van der Waals surface area contributed by atoms with Crippen LogP contribution >= 0.6 is 0 Å². The van der Waals surface area contributed by atoms with Gasteiger partial charge in [-0.2, -0.15) is 0 Å². The summed E-state index contributed by atoms with van der Waals surface area (Å²) in [6.07, 6.45) is 2.56. The van der Waals surface area contributed by atoms with Crippen molar-refractivity contribution < 1.29 is 14.3 Å². The first-order valence-electron chi connectivity index (χ1n) is 11.3. The summed E-state index contributed by atoms with van der Waals surface area (Å²) < 4.78 is 12.4. The molecule has 2 aromatic heterocycles. The Bertz CT molecular complexity index is 1450. The number of H-pyrrole nitrogens is 1. The van der Waals surface area contributed by atoms with Crippen LogP contribution in [0.2, 0.25) is 0 Å². The number of carbonyl (C=O) groups is 1. The SMILES string of the molecule is O=C1OCCc2c(Cn3cc(-c4cccc5c(=O)cc(N6CCOCC6)[nH]c45)nn3)cccc21. The number of ether oxygens (including phenoxy) is 2. The lowest BCUT2D eigenvalue weighted by Gasteiger charge is -2.28. The van der Waals surface area contributed by atoms with E-state index in [1.807, 2.05) is 36.5 Å². The topological polar surface area (TPSA) is 102 Å². The fourth-order valence-corrected chi connectivity index (χ4v) is 4.71. The number of para-hydroxylation sites is 1. The highest BCUT2D eigenvalue weighted by Crippen LogP contribution is 2.27. The molecule has 1 saturated heterocycles. The first kappa shape index (κ1) is 20.6. The minimum absolute atomic E-state index is 0.0349. The maximum atomic E-state index is 12.9. The number of morpholine rings is 1. The first-order chi connectivity index (χ1) is 16.7. The van der Waals surface area contributed by atoms with Crippen molar-refractivity contribution in [3.8, 4) is 11.3 Å². The Morgan fingerprint density at radius 2 is 1.82 bits per heavy atom. The van der Waals surface area contributed by atoms with Crippen LogP contribution in [-0.4, -0.2) is 58.9 Å². The smallest absolute Gasteiger partial charge is 0.338 e. The quantitative estimate of drug-likeness (QED) is 0.470. The van der Waals surface area contributed by atoms with Gasteiger partial charge in [0.1, 0.15) is 11.5 Å². The molecule has 4 aromatic rings. The number of hydrogen-bond acceptors (Lipinski definition) is 7. The van der Waals surface area contributed by atoms with Gasteiger partial charge in [-0.3, -0.25) is 4.79 Å². The molecule has 0 amide bonds. The van der Waals surface area contributed by atoms with Gasteiger partial charge in [-0.15, -0.1) is 5.10 Å². The fraction of sp³-hybridized carbons (Fsp3) is 0.280. The lowest BCUT2D eigenvalue weighted by Crippen LogP contribution is -2.37. The summed E-state index contributed by atoms with van der Waals surface area (Å²) in [7, 11) is 0. The molecule has 172 valence electrons. The average molecular weight is 457 g/mol. The predicted molar refractivity (Wildman–Crippen MR) is 126 cm³/mol. The summed E-state index contributed by atoms with van der Waals surface area (Å²) in [6.45, 7) is 3.61. The highest BCUT2D eigenvalue weighted by atomic mass is 16.5. The number of nitrogens with zero attached hydrogens (tertiary/aromatic N) is 4. The molecule has 4 heterocycles. The van der Waals surface area contributed by atoms with Gasteiger partial charge in [0.2, 0.25) is 0 Å². The zero-order chi connectivity index (χ0) is 23.1. The van der Waals surface area contributed by atoms with Crippen LogP contribution in [0.25, 0.3) is 22.2 Å². The van der Waals surface area contributed by atoms with E-state index in [-0.39, 0.29) is 11.4 Å². The second kappa shape index (κ2) is 8.42. The second-order valence-corrected chi connectivity index (χ2v) is 8.48. The molecule has 0 radical (unpaired) electrons. The Hall–Kier alpha value is -3.98. The Morgan fingerprint density at radius 1 is 1.00 bits per heavy atom.